The molecule has 2 fully saturated rings. The fourth-order valence-corrected chi connectivity index (χ4v) is 4.33. The van der Waals surface area contributed by atoms with E-state index in [1.54, 1.807) is 0 Å². The summed E-state index contributed by atoms with van der Waals surface area (Å²) < 4.78 is 17.9. The Bertz CT molecular complexity index is 666. The molecular formula is C17H27ClN4O4S. The molecule has 0 spiro atoms. The van der Waals surface area contributed by atoms with Gasteiger partial charge < -0.3 is 30.4 Å². The normalized spacial score (nSPS) is 29.1. The molecule has 3 rings (SSSR count). The fourth-order valence-electron chi connectivity index (χ4n) is 3.41. The van der Waals surface area contributed by atoms with Crippen LogP contribution >= 0.6 is 23.4 Å². The van der Waals surface area contributed by atoms with Crippen LogP contribution in [0.25, 0.3) is 0 Å². The van der Waals surface area contributed by atoms with E-state index >= 15 is 0 Å². The molecule has 27 heavy (non-hydrogen) atoms. The molecule has 1 saturated heterocycles. The molecule has 10 heteroatoms. The fraction of sp³-hybridized carbons (Fsp3) is 0.765. The maximum Gasteiger partial charge on any atom is 0.191 e. The molecule has 0 radical (unpaired) electrons. The predicted molar refractivity (Wildman–Crippen MR) is 105 cm³/mol. The Morgan fingerprint density at radius 3 is 2.81 bits per heavy atom. The molecule has 152 valence electrons. The van der Waals surface area contributed by atoms with E-state index in [2.05, 4.69) is 22.2 Å². The summed E-state index contributed by atoms with van der Waals surface area (Å²) in [5.41, 5.74) is 6.41. The Hall–Kier alpha value is -0.840. The lowest BCUT2D eigenvalue weighted by Gasteiger charge is -2.24. The molecule has 1 saturated carbocycles. The Morgan fingerprint density at radius 1 is 1.37 bits per heavy atom. The van der Waals surface area contributed by atoms with E-state index in [4.69, 9.17) is 36.7 Å². The Labute approximate surface area is 168 Å². The number of nitrogen functional groups attached to an aromatic ring is 1. The molecule has 4 atom stereocenters. The van der Waals surface area contributed by atoms with E-state index in [-0.39, 0.29) is 42.7 Å². The topological polar surface area (TPSA) is 112 Å². The Kier molecular flexibility index (Phi) is 6.70. The molecule has 3 unspecified atom stereocenters. The molecule has 2 aliphatic rings. The maximum absolute atomic E-state index is 9.08. The van der Waals surface area contributed by atoms with Crippen molar-refractivity contribution in [2.24, 2.45) is 0 Å². The van der Waals surface area contributed by atoms with Gasteiger partial charge in [0.25, 0.3) is 0 Å². The average molecular weight is 419 g/mol. The second-order valence-corrected chi connectivity index (χ2v) is 8.51. The third-order valence-corrected chi connectivity index (χ3v) is 5.81. The number of anilines is 2. The molecule has 0 amide bonds. The van der Waals surface area contributed by atoms with Gasteiger partial charge in [-0.1, -0.05) is 30.3 Å². The highest BCUT2D eigenvalue weighted by molar-refractivity contribution is 7.99. The first kappa shape index (κ1) is 20.9. The van der Waals surface area contributed by atoms with Crippen molar-refractivity contribution in [2.45, 2.75) is 68.9 Å². The highest BCUT2D eigenvalue weighted by atomic mass is 35.5. The zero-order valence-electron chi connectivity index (χ0n) is 15.8. The third kappa shape index (κ3) is 4.78. The number of aliphatic hydroxyl groups is 1. The van der Waals surface area contributed by atoms with Crippen LogP contribution in [-0.4, -0.2) is 64.2 Å². The minimum Gasteiger partial charge on any atom is -0.394 e. The number of rotatable bonds is 8. The SMILES string of the molecule is CCCSc1nc(Cl)c(N)c(NC2C[C@H](OCCO)C3OC(C)(C)OC23)n1. The quantitative estimate of drug-likeness (QED) is 0.332. The summed E-state index contributed by atoms with van der Waals surface area (Å²) in [6, 6.07) is -0.113. The number of fused-ring (bicyclic) bond motifs is 1. The van der Waals surface area contributed by atoms with E-state index in [1.807, 2.05) is 13.8 Å². The van der Waals surface area contributed by atoms with Gasteiger partial charge in [0, 0.05) is 5.75 Å². The van der Waals surface area contributed by atoms with Crippen molar-refractivity contribution >= 4 is 34.9 Å². The maximum atomic E-state index is 9.08. The number of hydrogen-bond acceptors (Lipinski definition) is 9. The van der Waals surface area contributed by atoms with Gasteiger partial charge in [-0.25, -0.2) is 9.97 Å². The molecule has 2 heterocycles. The zero-order valence-corrected chi connectivity index (χ0v) is 17.3. The van der Waals surface area contributed by atoms with Gasteiger partial charge in [-0.2, -0.15) is 0 Å². The van der Waals surface area contributed by atoms with Gasteiger partial charge in [-0.15, -0.1) is 0 Å². The molecule has 1 aliphatic carbocycles. The monoisotopic (exact) mass is 418 g/mol. The molecule has 1 aromatic rings. The zero-order chi connectivity index (χ0) is 19.6. The lowest BCUT2D eigenvalue weighted by Crippen LogP contribution is -2.35. The minimum absolute atomic E-state index is 0.0390. The number of aromatic nitrogens is 2. The first-order valence-electron chi connectivity index (χ1n) is 9.15. The Balaban J connectivity index is 1.79. The number of thioether (sulfide) groups is 1. The number of nitrogens with two attached hydrogens (primary N) is 1. The molecule has 8 nitrogen and oxygen atoms in total. The van der Waals surface area contributed by atoms with Gasteiger partial charge in [0.05, 0.1) is 25.4 Å². The summed E-state index contributed by atoms with van der Waals surface area (Å²) in [4.78, 5) is 8.76. The number of hydrogen-bond donors (Lipinski definition) is 3. The van der Waals surface area contributed by atoms with Crippen LogP contribution in [0.15, 0.2) is 5.16 Å². The number of ether oxygens (including phenoxy) is 3. The number of nitrogens with one attached hydrogen (secondary N) is 1. The van der Waals surface area contributed by atoms with Crippen LogP contribution in [0.2, 0.25) is 5.15 Å². The Morgan fingerprint density at radius 2 is 2.11 bits per heavy atom. The van der Waals surface area contributed by atoms with Crippen molar-refractivity contribution in [3.8, 4) is 0 Å². The second-order valence-electron chi connectivity index (χ2n) is 7.09. The lowest BCUT2D eigenvalue weighted by atomic mass is 10.2. The molecule has 1 aliphatic heterocycles. The van der Waals surface area contributed by atoms with Gasteiger partial charge >= 0.3 is 0 Å². The molecule has 1 aromatic heterocycles. The summed E-state index contributed by atoms with van der Waals surface area (Å²) in [6.45, 7) is 6.06. The summed E-state index contributed by atoms with van der Waals surface area (Å²) in [6.07, 6.45) is 1.02. The van der Waals surface area contributed by atoms with Crippen LogP contribution in [0.5, 0.6) is 0 Å². The van der Waals surface area contributed by atoms with E-state index in [0.29, 0.717) is 23.1 Å². The van der Waals surface area contributed by atoms with Crippen molar-refractivity contribution in [1.29, 1.82) is 0 Å². The largest absolute Gasteiger partial charge is 0.394 e. The molecule has 4 N–H and O–H groups in total. The van der Waals surface area contributed by atoms with Gasteiger partial charge in [-0.05, 0) is 26.7 Å². The van der Waals surface area contributed by atoms with E-state index in [1.165, 1.54) is 11.8 Å². The van der Waals surface area contributed by atoms with Crippen molar-refractivity contribution in [3.05, 3.63) is 5.15 Å². The summed E-state index contributed by atoms with van der Waals surface area (Å²) in [5.74, 6) is 0.692. The van der Waals surface area contributed by atoms with E-state index < -0.39 is 5.79 Å². The number of halogens is 1. The van der Waals surface area contributed by atoms with Crippen molar-refractivity contribution in [1.82, 2.24) is 9.97 Å². The third-order valence-electron chi connectivity index (χ3n) is 4.47. The summed E-state index contributed by atoms with van der Waals surface area (Å²) in [7, 11) is 0. The molecular weight excluding hydrogens is 392 g/mol. The van der Waals surface area contributed by atoms with Gasteiger partial charge in [0.15, 0.2) is 21.9 Å². The minimum atomic E-state index is -0.701. The van der Waals surface area contributed by atoms with Gasteiger partial charge in [0.2, 0.25) is 0 Å². The lowest BCUT2D eigenvalue weighted by molar-refractivity contribution is -0.167. The van der Waals surface area contributed by atoms with Crippen LogP contribution in [-0.2, 0) is 14.2 Å². The smallest absolute Gasteiger partial charge is 0.191 e. The number of aliphatic hydroxyl groups excluding tert-OH is 1. The van der Waals surface area contributed by atoms with Crippen LogP contribution < -0.4 is 11.1 Å². The van der Waals surface area contributed by atoms with E-state index in [9.17, 15) is 0 Å². The van der Waals surface area contributed by atoms with Crippen molar-refractivity contribution < 1.29 is 19.3 Å². The van der Waals surface area contributed by atoms with E-state index in [0.717, 1.165) is 12.2 Å². The van der Waals surface area contributed by atoms with Crippen LogP contribution in [0.1, 0.15) is 33.6 Å². The van der Waals surface area contributed by atoms with Gasteiger partial charge in [0.1, 0.15) is 17.9 Å². The first-order valence-corrected chi connectivity index (χ1v) is 10.5. The van der Waals surface area contributed by atoms with Crippen LogP contribution in [0.4, 0.5) is 11.5 Å². The highest BCUT2D eigenvalue weighted by Gasteiger charge is 2.54. The standard InChI is InChI=1S/C17H27ClN4O4S/c1-4-7-27-16-21-14(18)11(19)15(22-16)20-9-8-10(24-6-5-23)13-12(9)25-17(2,3)26-13/h9-10,12-13,23H,4-8,19H2,1-3H3,(H,20,21,22)/t9?,10-,12?,13?/m0/s1. The van der Waals surface area contributed by atoms with Crippen molar-refractivity contribution in [2.75, 3.05) is 30.0 Å². The van der Waals surface area contributed by atoms with Crippen LogP contribution in [0.3, 0.4) is 0 Å². The number of nitrogens with zero attached hydrogens (tertiary/aromatic N) is 2. The molecule has 0 aromatic carbocycles. The van der Waals surface area contributed by atoms with Crippen LogP contribution in [0, 0.1) is 0 Å². The summed E-state index contributed by atoms with van der Waals surface area (Å²) in [5, 5.41) is 13.3. The highest BCUT2D eigenvalue weighted by Crippen LogP contribution is 2.41. The first-order chi connectivity index (χ1) is 12.8. The predicted octanol–water partition coefficient (Wildman–Crippen LogP) is 2.30. The second kappa shape index (κ2) is 8.67. The average Bonchev–Trinajstić information content (AvgIpc) is 3.09. The summed E-state index contributed by atoms with van der Waals surface area (Å²) >= 11 is 7.73. The van der Waals surface area contributed by atoms with Crippen molar-refractivity contribution in [3.63, 3.8) is 0 Å². The molecule has 0 bridgehead atoms. The van der Waals surface area contributed by atoms with Gasteiger partial charge in [-0.3, -0.25) is 0 Å².